The van der Waals surface area contributed by atoms with Crippen molar-refractivity contribution in [3.63, 3.8) is 0 Å². The van der Waals surface area contributed by atoms with Gasteiger partial charge in [-0.2, -0.15) is 0 Å². The van der Waals surface area contributed by atoms with Gasteiger partial charge in [0.1, 0.15) is 0 Å². The summed E-state index contributed by atoms with van der Waals surface area (Å²) >= 11 is 0. The first-order valence-electron chi connectivity index (χ1n) is 5.69. The summed E-state index contributed by atoms with van der Waals surface area (Å²) in [6.45, 7) is 2.36. The number of methoxy groups -OCH3 is 1. The van der Waals surface area contributed by atoms with E-state index in [2.05, 4.69) is 12.2 Å². The third-order valence-corrected chi connectivity index (χ3v) is 3.19. The number of hydrogen-bond acceptors (Lipinski definition) is 3. The molecule has 0 aromatic rings. The van der Waals surface area contributed by atoms with Gasteiger partial charge in [0, 0.05) is 19.2 Å². The van der Waals surface area contributed by atoms with Crippen LogP contribution in [0, 0.1) is 0 Å². The van der Waals surface area contributed by atoms with Gasteiger partial charge in [0.25, 0.3) is 0 Å². The molecule has 14 heavy (non-hydrogen) atoms. The maximum Gasteiger partial charge on any atom is 0.0584 e. The molecule has 2 N–H and O–H groups in total. The number of aliphatic hydroxyl groups is 1. The van der Waals surface area contributed by atoms with Gasteiger partial charge in [-0.05, 0) is 32.1 Å². The summed E-state index contributed by atoms with van der Waals surface area (Å²) in [4.78, 5) is 0. The van der Waals surface area contributed by atoms with Crippen molar-refractivity contribution in [2.24, 2.45) is 0 Å². The first-order valence-corrected chi connectivity index (χ1v) is 5.69. The Labute approximate surface area is 86.8 Å². The summed E-state index contributed by atoms with van der Waals surface area (Å²) in [5, 5.41) is 12.6. The van der Waals surface area contributed by atoms with E-state index in [1.165, 1.54) is 12.8 Å². The van der Waals surface area contributed by atoms with Crippen LogP contribution in [0.2, 0.25) is 0 Å². The molecule has 0 bridgehead atoms. The van der Waals surface area contributed by atoms with E-state index in [9.17, 15) is 0 Å². The van der Waals surface area contributed by atoms with E-state index in [-0.39, 0.29) is 12.6 Å². The lowest BCUT2D eigenvalue weighted by atomic mass is 9.92. The fraction of sp³-hybridized carbons (Fsp3) is 1.00. The monoisotopic (exact) mass is 201 g/mol. The lowest BCUT2D eigenvalue weighted by Crippen LogP contribution is -2.42. The van der Waals surface area contributed by atoms with Gasteiger partial charge in [-0.3, -0.25) is 0 Å². The predicted octanol–water partition coefficient (Wildman–Crippen LogP) is 1.30. The molecular weight excluding hydrogens is 178 g/mol. The topological polar surface area (TPSA) is 41.5 Å². The maximum atomic E-state index is 9.07. The number of rotatable bonds is 5. The lowest BCUT2D eigenvalue weighted by molar-refractivity contribution is 0.0596. The Kier molecular flexibility index (Phi) is 5.45. The van der Waals surface area contributed by atoms with Crippen molar-refractivity contribution in [1.29, 1.82) is 0 Å². The van der Waals surface area contributed by atoms with Crippen LogP contribution in [0.15, 0.2) is 0 Å². The van der Waals surface area contributed by atoms with E-state index in [4.69, 9.17) is 9.84 Å². The third-order valence-electron chi connectivity index (χ3n) is 3.19. The molecule has 0 spiro atoms. The minimum Gasteiger partial charge on any atom is -0.395 e. The second kappa shape index (κ2) is 6.38. The Morgan fingerprint density at radius 2 is 2.00 bits per heavy atom. The minimum absolute atomic E-state index is 0.251. The van der Waals surface area contributed by atoms with Crippen LogP contribution in [0.25, 0.3) is 0 Å². The molecule has 0 radical (unpaired) electrons. The molecule has 1 rings (SSSR count). The zero-order chi connectivity index (χ0) is 10.4. The van der Waals surface area contributed by atoms with Crippen molar-refractivity contribution in [2.45, 2.75) is 57.2 Å². The first-order chi connectivity index (χ1) is 6.80. The Morgan fingerprint density at radius 3 is 2.43 bits per heavy atom. The standard InChI is InChI=1S/C11H23NO2/c1-3-9(8-13)12-10-4-6-11(14-2)7-5-10/h9-13H,3-8H2,1-2H3/t9-,10?,11?/m0/s1. The molecule has 1 fully saturated rings. The van der Waals surface area contributed by atoms with Crippen molar-refractivity contribution in [1.82, 2.24) is 5.32 Å². The Balaban J connectivity index is 2.21. The summed E-state index contributed by atoms with van der Waals surface area (Å²) in [5.41, 5.74) is 0. The molecule has 0 saturated heterocycles. The van der Waals surface area contributed by atoms with Gasteiger partial charge in [0.15, 0.2) is 0 Å². The Morgan fingerprint density at radius 1 is 1.36 bits per heavy atom. The van der Waals surface area contributed by atoms with Crippen LogP contribution in [0.1, 0.15) is 39.0 Å². The molecule has 0 unspecified atom stereocenters. The zero-order valence-electron chi connectivity index (χ0n) is 9.33. The third kappa shape index (κ3) is 3.56. The normalized spacial score (nSPS) is 30.2. The van der Waals surface area contributed by atoms with Gasteiger partial charge in [0.05, 0.1) is 12.7 Å². The van der Waals surface area contributed by atoms with Crippen LogP contribution < -0.4 is 5.32 Å². The molecule has 1 saturated carbocycles. The van der Waals surface area contributed by atoms with Gasteiger partial charge in [0.2, 0.25) is 0 Å². The molecule has 1 aliphatic rings. The van der Waals surface area contributed by atoms with E-state index >= 15 is 0 Å². The minimum atomic E-state index is 0.251. The van der Waals surface area contributed by atoms with Crippen molar-refractivity contribution in [3.05, 3.63) is 0 Å². The van der Waals surface area contributed by atoms with E-state index < -0.39 is 0 Å². The fourth-order valence-corrected chi connectivity index (χ4v) is 2.10. The summed E-state index contributed by atoms with van der Waals surface area (Å²) in [6, 6.07) is 0.859. The number of ether oxygens (including phenoxy) is 1. The maximum absolute atomic E-state index is 9.07. The van der Waals surface area contributed by atoms with E-state index in [1.807, 2.05) is 0 Å². The van der Waals surface area contributed by atoms with Gasteiger partial charge >= 0.3 is 0 Å². The van der Waals surface area contributed by atoms with E-state index in [0.717, 1.165) is 19.3 Å². The molecule has 1 atom stereocenters. The Bertz CT molecular complexity index is 140. The number of nitrogens with one attached hydrogen (secondary N) is 1. The second-order valence-electron chi connectivity index (χ2n) is 4.16. The van der Waals surface area contributed by atoms with Crippen LogP contribution in [-0.2, 0) is 4.74 Å². The van der Waals surface area contributed by atoms with Crippen molar-refractivity contribution < 1.29 is 9.84 Å². The molecule has 0 aromatic heterocycles. The summed E-state index contributed by atoms with van der Waals surface area (Å²) in [6.07, 6.45) is 6.11. The molecule has 1 aliphatic carbocycles. The highest BCUT2D eigenvalue weighted by molar-refractivity contribution is 4.80. The number of aliphatic hydroxyl groups excluding tert-OH is 1. The average Bonchev–Trinajstić information content (AvgIpc) is 2.26. The molecule has 84 valence electrons. The lowest BCUT2D eigenvalue weighted by Gasteiger charge is -2.30. The quantitative estimate of drug-likeness (QED) is 0.704. The molecule has 0 aliphatic heterocycles. The van der Waals surface area contributed by atoms with Crippen LogP contribution >= 0.6 is 0 Å². The van der Waals surface area contributed by atoms with Crippen LogP contribution in [0.3, 0.4) is 0 Å². The van der Waals surface area contributed by atoms with Crippen molar-refractivity contribution in [3.8, 4) is 0 Å². The smallest absolute Gasteiger partial charge is 0.0584 e. The molecular formula is C11H23NO2. The van der Waals surface area contributed by atoms with Crippen molar-refractivity contribution in [2.75, 3.05) is 13.7 Å². The van der Waals surface area contributed by atoms with Gasteiger partial charge < -0.3 is 15.2 Å². The number of hydrogen-bond donors (Lipinski definition) is 2. The SMILES string of the molecule is CC[C@@H](CO)NC1CCC(OC)CC1. The molecule has 0 heterocycles. The van der Waals surface area contributed by atoms with Crippen LogP contribution in [-0.4, -0.2) is 37.0 Å². The highest BCUT2D eigenvalue weighted by atomic mass is 16.5. The predicted molar refractivity (Wildman–Crippen MR) is 57.4 cm³/mol. The highest BCUT2D eigenvalue weighted by Gasteiger charge is 2.21. The first kappa shape index (κ1) is 12.0. The van der Waals surface area contributed by atoms with E-state index in [0.29, 0.717) is 12.1 Å². The summed E-state index contributed by atoms with van der Waals surface area (Å²) < 4.78 is 5.32. The van der Waals surface area contributed by atoms with Crippen molar-refractivity contribution >= 4 is 0 Å². The molecule has 3 nitrogen and oxygen atoms in total. The van der Waals surface area contributed by atoms with Gasteiger partial charge in [-0.25, -0.2) is 0 Å². The van der Waals surface area contributed by atoms with Crippen LogP contribution in [0.5, 0.6) is 0 Å². The van der Waals surface area contributed by atoms with Gasteiger partial charge in [-0.1, -0.05) is 6.92 Å². The summed E-state index contributed by atoms with van der Waals surface area (Å²) in [5.74, 6) is 0. The second-order valence-corrected chi connectivity index (χ2v) is 4.16. The average molecular weight is 201 g/mol. The summed E-state index contributed by atoms with van der Waals surface area (Å²) in [7, 11) is 1.79. The molecule has 3 heteroatoms. The fourth-order valence-electron chi connectivity index (χ4n) is 2.10. The van der Waals surface area contributed by atoms with Gasteiger partial charge in [-0.15, -0.1) is 0 Å². The molecule has 0 aromatic carbocycles. The van der Waals surface area contributed by atoms with E-state index in [1.54, 1.807) is 7.11 Å². The zero-order valence-corrected chi connectivity index (χ0v) is 9.33. The largest absolute Gasteiger partial charge is 0.395 e. The highest BCUT2D eigenvalue weighted by Crippen LogP contribution is 2.21. The Hall–Kier alpha value is -0.120. The van der Waals surface area contributed by atoms with Crippen LogP contribution in [0.4, 0.5) is 0 Å². The molecule has 0 amide bonds.